The van der Waals surface area contributed by atoms with Crippen LogP contribution in [0.1, 0.15) is 79.7 Å². The number of benzene rings is 3. The van der Waals surface area contributed by atoms with Crippen LogP contribution in [-0.4, -0.2) is 20.9 Å². The number of hydrogen-bond acceptors (Lipinski definition) is 5. The Labute approximate surface area is 286 Å². The van der Waals surface area contributed by atoms with Crippen molar-refractivity contribution in [3.63, 3.8) is 0 Å². The summed E-state index contributed by atoms with van der Waals surface area (Å²) in [6.45, 7) is 14.8. The fourth-order valence-electron chi connectivity index (χ4n) is 5.52. The van der Waals surface area contributed by atoms with Gasteiger partial charge in [0.2, 0.25) is 0 Å². The van der Waals surface area contributed by atoms with E-state index >= 15 is 0 Å². The first-order chi connectivity index (χ1) is 21.1. The Morgan fingerprint density at radius 3 is 2.13 bits per heavy atom. The minimum Gasteiger partial charge on any atom is -0.512 e. The second-order valence-electron chi connectivity index (χ2n) is 12.3. The van der Waals surface area contributed by atoms with Crippen molar-refractivity contribution in [2.24, 2.45) is 11.8 Å². The van der Waals surface area contributed by atoms with E-state index in [0.29, 0.717) is 0 Å². The molecule has 45 heavy (non-hydrogen) atoms. The zero-order chi connectivity index (χ0) is 31.9. The van der Waals surface area contributed by atoms with E-state index in [-0.39, 0.29) is 48.9 Å². The third-order valence-electron chi connectivity index (χ3n) is 8.29. The molecule has 1 N–H and O–H groups in total. The number of ketones is 1. The van der Waals surface area contributed by atoms with Crippen molar-refractivity contribution in [1.82, 2.24) is 9.97 Å². The zero-order valence-corrected chi connectivity index (χ0v) is 30.7. The molecule has 0 unspecified atom stereocenters. The Kier molecular flexibility index (Phi) is 13.2. The van der Waals surface area contributed by atoms with Gasteiger partial charge in [0, 0.05) is 48.4 Å². The van der Waals surface area contributed by atoms with Gasteiger partial charge >= 0.3 is 0 Å². The Morgan fingerprint density at radius 1 is 0.867 bits per heavy atom. The van der Waals surface area contributed by atoms with Gasteiger partial charge in [0.05, 0.1) is 16.3 Å². The number of fused-ring (bicyclic) bond motifs is 2. The van der Waals surface area contributed by atoms with Gasteiger partial charge in [-0.15, -0.1) is 40.5 Å². The van der Waals surface area contributed by atoms with Crippen molar-refractivity contribution < 1.29 is 30.0 Å². The van der Waals surface area contributed by atoms with Crippen LogP contribution in [0.15, 0.2) is 84.9 Å². The summed E-state index contributed by atoms with van der Waals surface area (Å²) >= 11 is 1.76. The molecule has 0 spiro atoms. The Bertz CT molecular complexity index is 1710. The van der Waals surface area contributed by atoms with E-state index in [9.17, 15) is 9.90 Å². The van der Waals surface area contributed by atoms with Gasteiger partial charge in [-0.1, -0.05) is 95.8 Å². The van der Waals surface area contributed by atoms with Crippen LogP contribution in [0.4, 0.5) is 0 Å². The van der Waals surface area contributed by atoms with Gasteiger partial charge in [0.1, 0.15) is 6.33 Å². The molecule has 2 heterocycles. The number of aromatic nitrogens is 2. The number of thiophene rings is 1. The van der Waals surface area contributed by atoms with Crippen LogP contribution in [0.3, 0.4) is 0 Å². The average Bonchev–Trinajstić information content (AvgIpc) is 3.46. The van der Waals surface area contributed by atoms with E-state index in [1.165, 1.54) is 27.1 Å². The fraction of sp³-hybridized carbons (Fsp3) is 0.359. The number of aliphatic hydroxyl groups is 1. The number of hydrogen-bond donors (Lipinski definition) is 1. The molecule has 0 bridgehead atoms. The minimum absolute atomic E-state index is 0. The number of allylic oxidation sites excluding steroid dienone is 2. The van der Waals surface area contributed by atoms with E-state index in [1.807, 2.05) is 27.7 Å². The van der Waals surface area contributed by atoms with Gasteiger partial charge in [0.25, 0.3) is 0 Å². The molecule has 0 amide bonds. The van der Waals surface area contributed by atoms with Gasteiger partial charge in [-0.2, -0.15) is 0 Å². The van der Waals surface area contributed by atoms with Crippen molar-refractivity contribution in [2.45, 2.75) is 79.6 Å². The Balaban J connectivity index is 0.000000297. The molecule has 1 radical (unpaired) electrons. The molecule has 0 aliphatic carbocycles. The van der Waals surface area contributed by atoms with Crippen LogP contribution < -0.4 is 0 Å². The van der Waals surface area contributed by atoms with Crippen LogP contribution in [0, 0.1) is 17.9 Å². The van der Waals surface area contributed by atoms with Crippen LogP contribution in [0.25, 0.3) is 42.7 Å². The SMILES string of the molecule is CC(C)(C)c1cc(-c2cc(-c3cc4ccccc4s3)ncn2)[c-]c2ccccc12.CCC(CC)C(=O)/C=C(\O)C(CC)CC.[Ir]. The van der Waals surface area contributed by atoms with E-state index < -0.39 is 0 Å². The van der Waals surface area contributed by atoms with Gasteiger partial charge in [-0.05, 0) is 54.7 Å². The van der Waals surface area contributed by atoms with Crippen LogP contribution in [0.5, 0.6) is 0 Å². The summed E-state index contributed by atoms with van der Waals surface area (Å²) in [5.41, 5.74) is 4.21. The normalized spacial score (nSPS) is 11.9. The molecule has 0 atom stereocenters. The van der Waals surface area contributed by atoms with E-state index in [1.54, 1.807) is 17.7 Å². The molecule has 3 aromatic carbocycles. The van der Waals surface area contributed by atoms with Gasteiger partial charge in [-0.25, -0.2) is 4.98 Å². The molecule has 0 saturated carbocycles. The standard InChI is InChI=1S/C26H21N2S.C13H24O2.Ir/c1-26(2,3)21-13-19(12-17-8-4-6-10-20(17)21)22-15-23(28-16-27-22)25-14-18-9-5-7-11-24(18)29-25;1-5-10(6-2)12(14)9-13(15)11(7-3)8-4;/h4-11,13-16H,1-3H3;9-11,14H,5-8H2,1-4H3;/q-1;;/b;12-9-;. The molecule has 239 valence electrons. The summed E-state index contributed by atoms with van der Waals surface area (Å²) in [5.74, 6) is 0.547. The maximum Gasteiger partial charge on any atom is 0.162 e. The number of aliphatic hydroxyl groups excluding tert-OH is 1. The number of rotatable bonds is 9. The predicted octanol–water partition coefficient (Wildman–Crippen LogP) is 11.1. The molecule has 4 nitrogen and oxygen atoms in total. The van der Waals surface area contributed by atoms with Crippen molar-refractivity contribution in [2.75, 3.05) is 0 Å². The van der Waals surface area contributed by atoms with Crippen molar-refractivity contribution in [3.8, 4) is 21.8 Å². The second kappa shape index (κ2) is 16.4. The third-order valence-corrected chi connectivity index (χ3v) is 9.42. The van der Waals surface area contributed by atoms with Crippen LogP contribution in [-0.2, 0) is 30.3 Å². The topological polar surface area (TPSA) is 63.1 Å². The molecule has 5 aromatic rings. The molecular formula is C39H45IrN2O2S-. The van der Waals surface area contributed by atoms with Crippen LogP contribution >= 0.6 is 11.3 Å². The Hall–Kier alpha value is -3.18. The molecule has 0 saturated heterocycles. The molecule has 0 fully saturated rings. The smallest absolute Gasteiger partial charge is 0.162 e. The van der Waals surface area contributed by atoms with Crippen LogP contribution in [0.2, 0.25) is 0 Å². The minimum atomic E-state index is 0. The summed E-state index contributed by atoms with van der Waals surface area (Å²) in [4.78, 5) is 22.0. The first kappa shape index (κ1) is 36.3. The molecule has 0 aliphatic heterocycles. The maximum atomic E-state index is 11.7. The van der Waals surface area contributed by atoms with E-state index in [2.05, 4.69) is 104 Å². The largest absolute Gasteiger partial charge is 0.512 e. The summed E-state index contributed by atoms with van der Waals surface area (Å²) < 4.78 is 1.27. The predicted molar refractivity (Wildman–Crippen MR) is 187 cm³/mol. The molecule has 0 aliphatic rings. The summed E-state index contributed by atoms with van der Waals surface area (Å²) in [7, 11) is 0. The van der Waals surface area contributed by atoms with Gasteiger partial charge in [0.15, 0.2) is 5.78 Å². The van der Waals surface area contributed by atoms with Crippen molar-refractivity contribution in [1.29, 1.82) is 0 Å². The third kappa shape index (κ3) is 8.97. The Morgan fingerprint density at radius 2 is 1.49 bits per heavy atom. The monoisotopic (exact) mass is 798 g/mol. The maximum absolute atomic E-state index is 11.7. The first-order valence-electron chi connectivity index (χ1n) is 15.8. The zero-order valence-electron chi connectivity index (χ0n) is 27.5. The molecular weight excluding hydrogens is 753 g/mol. The first-order valence-corrected chi connectivity index (χ1v) is 16.6. The average molecular weight is 798 g/mol. The number of carbonyl (C=O) groups excluding carboxylic acids is 1. The second-order valence-corrected chi connectivity index (χ2v) is 13.4. The number of carbonyl (C=O) groups is 1. The van der Waals surface area contributed by atoms with Crippen molar-refractivity contribution in [3.05, 3.63) is 96.5 Å². The molecule has 2 aromatic heterocycles. The number of nitrogens with zero attached hydrogens (tertiary/aromatic N) is 2. The fourth-order valence-corrected chi connectivity index (χ4v) is 6.55. The molecule has 5 rings (SSSR count). The summed E-state index contributed by atoms with van der Waals surface area (Å²) in [6.07, 6.45) is 6.57. The van der Waals surface area contributed by atoms with Gasteiger partial charge < -0.3 is 5.11 Å². The molecule has 6 heteroatoms. The van der Waals surface area contributed by atoms with E-state index in [4.69, 9.17) is 0 Å². The van der Waals surface area contributed by atoms with E-state index in [0.717, 1.165) is 52.9 Å². The quantitative estimate of drug-likeness (QED) is 0.0917. The summed E-state index contributed by atoms with van der Waals surface area (Å²) in [5, 5.41) is 13.4. The summed E-state index contributed by atoms with van der Waals surface area (Å²) in [6, 6.07) is 27.0. The van der Waals surface area contributed by atoms with Crippen molar-refractivity contribution >= 4 is 38.0 Å². The van der Waals surface area contributed by atoms with Gasteiger partial charge in [-0.3, -0.25) is 9.78 Å².